The zero-order chi connectivity index (χ0) is 39.1. The zero-order valence-electron chi connectivity index (χ0n) is 29.1. The molecule has 18 nitrogen and oxygen atoms in total. The first-order valence-corrected chi connectivity index (χ1v) is 19.0. The number of carbonyl (C=O) groups is 4. The number of piperidine rings is 1. The number of rotatable bonds is 11. The number of carbonyl (C=O) groups excluding carboxylic acids is 2. The number of nitrogens with two attached hydrogens (primary N) is 1. The topological polar surface area (TPSA) is 260 Å². The molecule has 2 amide bonds. The van der Waals surface area contributed by atoms with Crippen molar-refractivity contribution in [3.05, 3.63) is 50.1 Å². The van der Waals surface area contributed by atoms with E-state index in [0.717, 1.165) is 37.3 Å². The van der Waals surface area contributed by atoms with Crippen molar-refractivity contribution in [3.63, 3.8) is 0 Å². The van der Waals surface area contributed by atoms with E-state index < -0.39 is 63.5 Å². The van der Waals surface area contributed by atoms with E-state index in [1.54, 1.807) is 0 Å². The van der Waals surface area contributed by atoms with Crippen LogP contribution in [0.5, 0.6) is 11.5 Å². The van der Waals surface area contributed by atoms with E-state index >= 15 is 0 Å². The summed E-state index contributed by atoms with van der Waals surface area (Å²) in [5.41, 5.74) is 3.43. The molecule has 0 saturated carbocycles. The Labute approximate surface area is 319 Å². The van der Waals surface area contributed by atoms with Crippen molar-refractivity contribution in [2.45, 2.75) is 62.4 Å². The number of aliphatic carboxylic acids is 2. The zero-order valence-corrected chi connectivity index (χ0v) is 31.5. The van der Waals surface area contributed by atoms with Gasteiger partial charge in [0.1, 0.15) is 34.4 Å². The molecular formula is C33H36ClN8O10S2+. The minimum atomic E-state index is -1.80. The summed E-state index contributed by atoms with van der Waals surface area (Å²) in [4.78, 5) is 79.8. The fraction of sp³-hybridized carbons (Fsp3) is 0.455. The number of hydrogen-bond acceptors (Lipinski definition) is 14. The summed E-state index contributed by atoms with van der Waals surface area (Å²) in [7, 11) is 0. The molecule has 3 aromatic rings. The summed E-state index contributed by atoms with van der Waals surface area (Å²) in [6.07, 6.45) is 2.91. The van der Waals surface area contributed by atoms with Crippen molar-refractivity contribution in [2.75, 3.05) is 31.9 Å². The Bertz CT molecular complexity index is 2260. The second-order valence-electron chi connectivity index (χ2n) is 14.7. The number of oxime groups is 1. The maximum Gasteiger partial charge on any atom is 0.352 e. The number of quaternary nitrogens is 1. The van der Waals surface area contributed by atoms with Crippen molar-refractivity contribution in [1.29, 1.82) is 0 Å². The number of amides is 2. The van der Waals surface area contributed by atoms with Crippen LogP contribution in [-0.2, 0) is 30.6 Å². The van der Waals surface area contributed by atoms with E-state index in [0.29, 0.717) is 29.7 Å². The van der Waals surface area contributed by atoms with Gasteiger partial charge in [0.2, 0.25) is 5.60 Å². The average Bonchev–Trinajstić information content (AvgIpc) is 3.81. The SMILES string of the molecule is C[C@@H]1S[C@@H]2[C@H](NC(=O)C(=NOC(C)(C)C(=O)O)c3csc(N)n3)C(=O)N2C(C(=O)O)=C1C[N+]12CCC(Cn3cnc4cc(O)c(O)c(Cl)c4c3=O)(CC1)C2. The lowest BCUT2D eigenvalue weighted by Gasteiger charge is -2.51. The Morgan fingerprint density at radius 1 is 1.22 bits per heavy atom. The minimum Gasteiger partial charge on any atom is -0.504 e. The van der Waals surface area contributed by atoms with Gasteiger partial charge in [0, 0.05) is 47.1 Å². The summed E-state index contributed by atoms with van der Waals surface area (Å²) in [6.45, 7) is 7.14. The third kappa shape index (κ3) is 6.19. The Balaban J connectivity index is 1.10. The van der Waals surface area contributed by atoms with Gasteiger partial charge >= 0.3 is 11.9 Å². The molecule has 2 bridgehead atoms. The molecule has 3 saturated heterocycles. The van der Waals surface area contributed by atoms with Gasteiger partial charge in [-0.05, 0) is 20.8 Å². The number of nitrogen functional groups attached to an aromatic ring is 1. The van der Waals surface area contributed by atoms with Crippen molar-refractivity contribution in [1.82, 2.24) is 24.8 Å². The number of nitrogens with zero attached hydrogens (tertiary/aromatic N) is 6. The molecule has 2 aromatic heterocycles. The molecule has 21 heteroatoms. The molecule has 6 heterocycles. The highest BCUT2D eigenvalue weighted by molar-refractivity contribution is 8.00. The van der Waals surface area contributed by atoms with Crippen LogP contribution in [0.25, 0.3) is 10.9 Å². The van der Waals surface area contributed by atoms with Crippen LogP contribution in [0.3, 0.4) is 0 Å². The van der Waals surface area contributed by atoms with Crippen molar-refractivity contribution in [2.24, 2.45) is 10.6 Å². The maximum absolute atomic E-state index is 13.6. The number of phenols is 2. The molecule has 4 aliphatic rings. The van der Waals surface area contributed by atoms with Gasteiger partial charge in [0.25, 0.3) is 17.4 Å². The van der Waals surface area contributed by atoms with Crippen LogP contribution in [0.4, 0.5) is 5.13 Å². The number of thiazole rings is 1. The standard InChI is InChI=1S/C33H35ClN8O10S2/c1-14-15(9-42-6-4-33(12-42,5-7-42)11-40-13-36-16-8-18(43)24(44)20(34)19(16)26(40)46)23(29(48)49)41-27(47)22(28(41)54-14)38-25(45)21(17-10-53-31(35)37-17)39-52-32(2,3)30(50)51/h8,10,13-14,22,28H,4-7,9,11-12H2,1-3H3,(H6-,35,37,38,39,43,44,45,46,48,49,50,51)/p+1/t14-,22+,28+,33?,42?/m0/s1. The number of nitrogens with one attached hydrogen (secondary N) is 1. The molecule has 3 fully saturated rings. The third-order valence-electron chi connectivity index (χ3n) is 10.7. The summed E-state index contributed by atoms with van der Waals surface area (Å²) >= 11 is 8.58. The Hall–Kier alpha value is -4.92. The number of fused-ring (bicyclic) bond motifs is 4. The van der Waals surface area contributed by atoms with E-state index in [-0.39, 0.29) is 43.1 Å². The lowest BCUT2D eigenvalue weighted by molar-refractivity contribution is -0.905. The Morgan fingerprint density at radius 2 is 1.93 bits per heavy atom. The number of carboxylic acid groups (broad SMARTS) is 2. The second-order valence-corrected chi connectivity index (χ2v) is 17.4. The van der Waals surface area contributed by atoms with Gasteiger partial charge in [-0.2, -0.15) is 0 Å². The number of anilines is 1. The first-order valence-electron chi connectivity index (χ1n) is 16.8. The number of β-lactam (4-membered cyclic amide) rings is 1. The van der Waals surface area contributed by atoms with Gasteiger partial charge in [-0.3, -0.25) is 23.9 Å². The van der Waals surface area contributed by atoms with E-state index in [4.69, 9.17) is 22.2 Å². The molecule has 7 N–H and O–H groups in total. The van der Waals surface area contributed by atoms with E-state index in [9.17, 15) is 44.4 Å². The fourth-order valence-corrected chi connectivity index (χ4v) is 10.0. The van der Waals surface area contributed by atoms with Gasteiger partial charge in [-0.1, -0.05) is 16.8 Å². The van der Waals surface area contributed by atoms with E-state index in [1.165, 1.54) is 52.9 Å². The fourth-order valence-electron chi connectivity index (χ4n) is 7.78. The molecule has 3 atom stereocenters. The summed E-state index contributed by atoms with van der Waals surface area (Å²) < 4.78 is 2.03. The predicted octanol–water partition coefficient (Wildman–Crippen LogP) is 1.52. The monoisotopic (exact) mass is 803 g/mol. The van der Waals surface area contributed by atoms with Gasteiger partial charge < -0.3 is 40.8 Å². The highest BCUT2D eigenvalue weighted by Crippen LogP contribution is 2.50. The van der Waals surface area contributed by atoms with E-state index in [2.05, 4.69) is 20.4 Å². The molecule has 0 spiro atoms. The van der Waals surface area contributed by atoms with Crippen LogP contribution >= 0.6 is 34.7 Å². The van der Waals surface area contributed by atoms with Gasteiger partial charge in [-0.15, -0.1) is 23.1 Å². The number of thioether (sulfide) groups is 1. The number of phenolic OH excluding ortho intramolecular Hbond substituents is 2. The molecule has 0 radical (unpaired) electrons. The van der Waals surface area contributed by atoms with Crippen LogP contribution in [0, 0.1) is 5.41 Å². The van der Waals surface area contributed by atoms with Crippen molar-refractivity contribution >= 4 is 80.2 Å². The van der Waals surface area contributed by atoms with Crippen LogP contribution in [0.1, 0.15) is 39.3 Å². The van der Waals surface area contributed by atoms with E-state index in [1.807, 2.05) is 6.92 Å². The molecule has 54 heavy (non-hydrogen) atoms. The normalized spacial score (nSPS) is 26.5. The molecule has 286 valence electrons. The van der Waals surface area contributed by atoms with Crippen LogP contribution in [0.15, 0.2) is 39.0 Å². The molecule has 0 unspecified atom stereocenters. The minimum absolute atomic E-state index is 0.00184. The summed E-state index contributed by atoms with van der Waals surface area (Å²) in [5, 5.41) is 46.5. The van der Waals surface area contributed by atoms with Gasteiger partial charge in [0.15, 0.2) is 22.3 Å². The van der Waals surface area contributed by atoms with Gasteiger partial charge in [-0.25, -0.2) is 19.6 Å². The number of carboxylic acids is 2. The second kappa shape index (κ2) is 13.1. The largest absolute Gasteiger partial charge is 0.504 e. The quantitative estimate of drug-likeness (QED) is 0.0528. The summed E-state index contributed by atoms with van der Waals surface area (Å²) in [5.74, 6) is -5.21. The number of benzene rings is 1. The first-order chi connectivity index (χ1) is 25.4. The highest BCUT2D eigenvalue weighted by atomic mass is 35.5. The average molecular weight is 804 g/mol. The Morgan fingerprint density at radius 3 is 2.56 bits per heavy atom. The summed E-state index contributed by atoms with van der Waals surface area (Å²) in [6, 6.07) is 0.0562. The molecular weight excluding hydrogens is 768 g/mol. The number of aromatic hydroxyl groups is 2. The van der Waals surface area contributed by atoms with Gasteiger partial charge in [0.05, 0.1) is 36.9 Å². The smallest absolute Gasteiger partial charge is 0.352 e. The lowest BCUT2D eigenvalue weighted by Crippen LogP contribution is -2.71. The van der Waals surface area contributed by atoms with Crippen molar-refractivity contribution < 1.29 is 48.9 Å². The first kappa shape index (κ1) is 37.4. The molecule has 4 aliphatic heterocycles. The lowest BCUT2D eigenvalue weighted by atomic mass is 9.84. The number of hydrogen-bond donors (Lipinski definition) is 6. The number of halogens is 1. The maximum atomic E-state index is 13.6. The van der Waals surface area contributed by atoms with Crippen LogP contribution < -0.4 is 16.6 Å². The molecule has 7 rings (SSSR count). The highest BCUT2D eigenvalue weighted by Gasteiger charge is 2.60. The van der Waals surface area contributed by atoms with Crippen LogP contribution in [0.2, 0.25) is 5.02 Å². The predicted molar refractivity (Wildman–Crippen MR) is 196 cm³/mol. The molecule has 1 aromatic carbocycles. The van der Waals surface area contributed by atoms with Crippen LogP contribution in [-0.4, -0.2) is 122 Å². The number of aromatic nitrogens is 3. The van der Waals surface area contributed by atoms with Crippen molar-refractivity contribution in [3.8, 4) is 11.5 Å². The molecule has 0 aliphatic carbocycles. The third-order valence-corrected chi connectivity index (χ3v) is 13.2. The Kier molecular flexibility index (Phi) is 9.10.